The van der Waals surface area contributed by atoms with Gasteiger partial charge in [-0.3, -0.25) is 19.8 Å². The molecule has 1 saturated heterocycles. The zero-order valence-electron chi connectivity index (χ0n) is 18.6. The number of ether oxygens (including phenoxy) is 2. The summed E-state index contributed by atoms with van der Waals surface area (Å²) in [5, 5.41) is 2.33. The van der Waals surface area contributed by atoms with Crippen molar-refractivity contribution in [2.24, 2.45) is 0 Å². The number of rotatable bonds is 6. The zero-order valence-corrected chi connectivity index (χ0v) is 22.9. The van der Waals surface area contributed by atoms with Gasteiger partial charge in [-0.25, -0.2) is 4.79 Å². The predicted molar refractivity (Wildman–Crippen MR) is 144 cm³/mol. The van der Waals surface area contributed by atoms with Gasteiger partial charge in [0.15, 0.2) is 11.5 Å². The number of nitrogens with one attached hydrogen (secondary N) is 1. The molecule has 1 aliphatic carbocycles. The Balaban J connectivity index is 1.59. The molecule has 0 spiro atoms. The van der Waals surface area contributed by atoms with E-state index >= 15 is 0 Å². The molecule has 4 rings (SSSR count). The fourth-order valence-electron chi connectivity index (χ4n) is 4.21. The lowest BCUT2D eigenvalue weighted by Gasteiger charge is -2.35. The lowest BCUT2D eigenvalue weighted by atomic mass is 9.93. The zero-order chi connectivity index (χ0) is 24.2. The SMILES string of the molecule is COc1cc(C=C2C(=O)NC(=O)N(C3CCCCC3)C2=O)cc(I)c1OCc1ccc(I)cc1. The number of barbiturate groups is 1. The summed E-state index contributed by atoms with van der Waals surface area (Å²) in [5.74, 6) is -0.154. The van der Waals surface area contributed by atoms with Crippen molar-refractivity contribution in [2.45, 2.75) is 44.8 Å². The second-order valence-electron chi connectivity index (χ2n) is 8.23. The number of benzene rings is 2. The summed E-state index contributed by atoms with van der Waals surface area (Å²) in [6.45, 7) is 0.378. The normalized spacial score (nSPS) is 18.3. The third-order valence-corrected chi connectivity index (χ3v) is 7.45. The molecular formula is C25H24I2N2O5. The third kappa shape index (κ3) is 5.56. The topological polar surface area (TPSA) is 84.9 Å². The maximum Gasteiger partial charge on any atom is 0.331 e. The second kappa shape index (κ2) is 11.1. The van der Waals surface area contributed by atoms with E-state index in [0.717, 1.165) is 44.8 Å². The quantitative estimate of drug-likeness (QED) is 0.254. The fourth-order valence-corrected chi connectivity index (χ4v) is 5.35. The number of methoxy groups -OCH3 is 1. The van der Waals surface area contributed by atoms with Crippen LogP contribution < -0.4 is 14.8 Å². The minimum absolute atomic E-state index is 0.0596. The van der Waals surface area contributed by atoms with E-state index in [1.54, 1.807) is 13.2 Å². The summed E-state index contributed by atoms with van der Waals surface area (Å²) < 4.78 is 13.5. The molecule has 0 atom stereocenters. The summed E-state index contributed by atoms with van der Waals surface area (Å²) in [7, 11) is 1.54. The van der Waals surface area contributed by atoms with Gasteiger partial charge in [0.2, 0.25) is 0 Å². The van der Waals surface area contributed by atoms with Gasteiger partial charge in [0.1, 0.15) is 12.2 Å². The summed E-state index contributed by atoms with van der Waals surface area (Å²) in [5.41, 5.74) is 1.58. The monoisotopic (exact) mass is 686 g/mol. The lowest BCUT2D eigenvalue weighted by Crippen LogP contribution is -2.58. The molecule has 178 valence electrons. The molecule has 9 heteroatoms. The first-order valence-corrected chi connectivity index (χ1v) is 13.2. The highest BCUT2D eigenvalue weighted by molar-refractivity contribution is 14.1. The predicted octanol–water partition coefficient (Wildman–Crippen LogP) is 5.28. The summed E-state index contributed by atoms with van der Waals surface area (Å²) in [6.07, 6.45) is 6.06. The maximum atomic E-state index is 13.2. The van der Waals surface area contributed by atoms with Crippen molar-refractivity contribution in [1.29, 1.82) is 0 Å². The van der Waals surface area contributed by atoms with Crippen LogP contribution in [0.1, 0.15) is 43.2 Å². The van der Waals surface area contributed by atoms with Crippen LogP contribution in [0.4, 0.5) is 4.79 Å². The van der Waals surface area contributed by atoms with Crippen LogP contribution in [0.25, 0.3) is 6.08 Å². The molecule has 0 unspecified atom stereocenters. The molecule has 1 aliphatic heterocycles. The molecule has 2 aliphatic rings. The number of urea groups is 1. The molecule has 1 heterocycles. The molecule has 0 radical (unpaired) electrons. The van der Waals surface area contributed by atoms with E-state index in [9.17, 15) is 14.4 Å². The van der Waals surface area contributed by atoms with Crippen LogP contribution in [0.2, 0.25) is 0 Å². The van der Waals surface area contributed by atoms with Crippen LogP contribution in [-0.4, -0.2) is 35.9 Å². The van der Waals surface area contributed by atoms with Gasteiger partial charge in [0.05, 0.1) is 10.7 Å². The molecule has 34 heavy (non-hydrogen) atoms. The Morgan fingerprint density at radius 3 is 2.44 bits per heavy atom. The number of nitrogens with zero attached hydrogens (tertiary/aromatic N) is 1. The molecule has 2 fully saturated rings. The average Bonchev–Trinajstić information content (AvgIpc) is 2.82. The first-order chi connectivity index (χ1) is 16.4. The molecule has 2 aromatic carbocycles. The van der Waals surface area contributed by atoms with E-state index < -0.39 is 17.8 Å². The minimum atomic E-state index is -0.685. The van der Waals surface area contributed by atoms with Gasteiger partial charge in [-0.2, -0.15) is 0 Å². The van der Waals surface area contributed by atoms with E-state index in [1.807, 2.05) is 30.3 Å². The van der Waals surface area contributed by atoms with E-state index in [0.29, 0.717) is 23.7 Å². The number of halogens is 2. The van der Waals surface area contributed by atoms with E-state index in [-0.39, 0.29) is 11.6 Å². The Bertz CT molecular complexity index is 1140. The van der Waals surface area contributed by atoms with Crippen LogP contribution in [0.5, 0.6) is 11.5 Å². The summed E-state index contributed by atoms with van der Waals surface area (Å²) in [6, 6.07) is 10.8. The Hall–Kier alpha value is -2.15. The van der Waals surface area contributed by atoms with E-state index in [1.165, 1.54) is 11.0 Å². The molecule has 7 nitrogen and oxygen atoms in total. The number of imide groups is 2. The van der Waals surface area contributed by atoms with Crippen molar-refractivity contribution < 1.29 is 23.9 Å². The molecule has 2 aromatic rings. The third-order valence-electron chi connectivity index (χ3n) is 5.93. The highest BCUT2D eigenvalue weighted by atomic mass is 127. The van der Waals surface area contributed by atoms with Crippen molar-refractivity contribution in [2.75, 3.05) is 7.11 Å². The smallest absolute Gasteiger partial charge is 0.331 e. The van der Waals surface area contributed by atoms with Crippen molar-refractivity contribution in [3.05, 3.63) is 60.2 Å². The Labute approximate surface area is 225 Å². The number of carbonyl (C=O) groups excluding carboxylic acids is 3. The summed E-state index contributed by atoms with van der Waals surface area (Å²) in [4.78, 5) is 39.3. The van der Waals surface area contributed by atoms with Crippen LogP contribution in [0, 0.1) is 7.14 Å². The van der Waals surface area contributed by atoms with E-state index in [4.69, 9.17) is 9.47 Å². The Kier molecular flexibility index (Phi) is 8.12. The molecule has 0 aromatic heterocycles. The standard InChI is InChI=1S/C25H24I2N2O5/c1-33-21-13-16(12-20(27)22(21)34-14-15-7-9-17(26)10-8-15)11-19-23(30)28-25(32)29(24(19)31)18-5-3-2-4-6-18/h7-13,18H,2-6,14H2,1H3,(H,28,30,32). The van der Waals surface area contributed by atoms with Crippen LogP contribution in [0.15, 0.2) is 42.0 Å². The molecule has 0 bridgehead atoms. The fraction of sp³-hybridized carbons (Fsp3) is 0.320. The summed E-state index contributed by atoms with van der Waals surface area (Å²) >= 11 is 4.40. The van der Waals surface area contributed by atoms with Gasteiger partial charge in [0, 0.05) is 9.61 Å². The van der Waals surface area contributed by atoms with Crippen molar-refractivity contribution >= 4 is 69.1 Å². The average molecular weight is 686 g/mol. The number of hydrogen-bond acceptors (Lipinski definition) is 5. The number of carbonyl (C=O) groups is 3. The second-order valence-corrected chi connectivity index (χ2v) is 10.6. The van der Waals surface area contributed by atoms with Gasteiger partial charge in [-0.05, 0) is 99.5 Å². The minimum Gasteiger partial charge on any atom is -0.493 e. The molecule has 4 amide bonds. The Morgan fingerprint density at radius 2 is 1.76 bits per heavy atom. The van der Waals surface area contributed by atoms with Crippen LogP contribution in [0.3, 0.4) is 0 Å². The van der Waals surface area contributed by atoms with Crippen molar-refractivity contribution in [3.63, 3.8) is 0 Å². The number of amides is 4. The molecule has 1 N–H and O–H groups in total. The maximum absolute atomic E-state index is 13.2. The van der Waals surface area contributed by atoms with Gasteiger partial charge >= 0.3 is 6.03 Å². The van der Waals surface area contributed by atoms with Crippen LogP contribution >= 0.6 is 45.2 Å². The largest absolute Gasteiger partial charge is 0.493 e. The van der Waals surface area contributed by atoms with Gasteiger partial charge in [-0.1, -0.05) is 31.4 Å². The lowest BCUT2D eigenvalue weighted by molar-refractivity contribution is -0.132. The molecule has 1 saturated carbocycles. The highest BCUT2D eigenvalue weighted by Crippen LogP contribution is 2.36. The first kappa shape index (κ1) is 25.0. The first-order valence-electron chi connectivity index (χ1n) is 11.0. The van der Waals surface area contributed by atoms with Gasteiger partial charge in [0.25, 0.3) is 11.8 Å². The van der Waals surface area contributed by atoms with Crippen molar-refractivity contribution in [3.8, 4) is 11.5 Å². The van der Waals surface area contributed by atoms with Crippen molar-refractivity contribution in [1.82, 2.24) is 10.2 Å². The Morgan fingerprint density at radius 1 is 1.06 bits per heavy atom. The molecular weight excluding hydrogens is 662 g/mol. The van der Waals surface area contributed by atoms with Crippen LogP contribution in [-0.2, 0) is 16.2 Å². The highest BCUT2D eigenvalue weighted by Gasteiger charge is 2.40. The van der Waals surface area contributed by atoms with Gasteiger partial charge in [-0.15, -0.1) is 0 Å². The van der Waals surface area contributed by atoms with E-state index in [2.05, 4.69) is 50.5 Å². The number of hydrogen-bond donors (Lipinski definition) is 1. The van der Waals surface area contributed by atoms with Gasteiger partial charge < -0.3 is 9.47 Å².